The lowest BCUT2D eigenvalue weighted by molar-refractivity contribution is 0.371. The summed E-state index contributed by atoms with van der Waals surface area (Å²) in [5, 5.41) is 3.51. The number of allylic oxidation sites excluding steroid dienone is 4. The molecule has 0 radical (unpaired) electrons. The van der Waals surface area contributed by atoms with Crippen molar-refractivity contribution in [2.24, 2.45) is 5.73 Å². The summed E-state index contributed by atoms with van der Waals surface area (Å²) in [4.78, 5) is 0. The second-order valence-electron chi connectivity index (χ2n) is 6.23. The van der Waals surface area contributed by atoms with Gasteiger partial charge in [-0.15, -0.1) is 0 Å². The van der Waals surface area contributed by atoms with E-state index in [0.29, 0.717) is 17.7 Å². The topological polar surface area (TPSA) is 38.0 Å². The first-order valence-electron chi connectivity index (χ1n) is 7.95. The quantitative estimate of drug-likeness (QED) is 0.871. The normalized spacial score (nSPS) is 28.8. The van der Waals surface area contributed by atoms with Crippen LogP contribution < -0.4 is 11.1 Å². The number of hydrogen-bond donors (Lipinski definition) is 2. The van der Waals surface area contributed by atoms with Gasteiger partial charge < -0.3 is 11.1 Å². The molecule has 1 aromatic rings. The van der Waals surface area contributed by atoms with Crippen molar-refractivity contribution in [1.29, 1.82) is 0 Å². The molecule has 0 saturated heterocycles. The van der Waals surface area contributed by atoms with Crippen LogP contribution >= 0.6 is 0 Å². The number of rotatable bonds is 3. The molecule has 0 aromatic heterocycles. The number of alkyl halides is 1. The summed E-state index contributed by atoms with van der Waals surface area (Å²) < 4.78 is 27.0. The lowest BCUT2D eigenvalue weighted by atomic mass is 9.91. The van der Waals surface area contributed by atoms with E-state index in [1.807, 2.05) is 24.3 Å². The largest absolute Gasteiger partial charge is 0.382 e. The van der Waals surface area contributed by atoms with E-state index in [9.17, 15) is 8.78 Å². The van der Waals surface area contributed by atoms with Gasteiger partial charge in [0.1, 0.15) is 12.0 Å². The minimum absolute atomic E-state index is 0.159. The molecule has 0 heterocycles. The van der Waals surface area contributed by atoms with Crippen LogP contribution in [-0.2, 0) is 0 Å². The highest BCUT2D eigenvalue weighted by molar-refractivity contribution is 5.77. The van der Waals surface area contributed by atoms with Crippen LogP contribution in [0.15, 0.2) is 42.2 Å². The lowest BCUT2D eigenvalue weighted by Gasteiger charge is -2.27. The van der Waals surface area contributed by atoms with Gasteiger partial charge in [0.2, 0.25) is 0 Å². The molecule has 0 aliphatic heterocycles. The van der Waals surface area contributed by atoms with Gasteiger partial charge in [0.15, 0.2) is 0 Å². The summed E-state index contributed by atoms with van der Waals surface area (Å²) in [6.07, 6.45) is 5.87. The van der Waals surface area contributed by atoms with E-state index < -0.39 is 6.17 Å². The molecular weight excluding hydrogens is 282 g/mol. The van der Waals surface area contributed by atoms with E-state index in [2.05, 4.69) is 5.32 Å². The minimum atomic E-state index is -1.21. The molecule has 2 aliphatic carbocycles. The third-order valence-electron chi connectivity index (χ3n) is 4.48. The Morgan fingerprint density at radius 1 is 1.05 bits per heavy atom. The summed E-state index contributed by atoms with van der Waals surface area (Å²) in [6, 6.07) is 8.49. The van der Waals surface area contributed by atoms with Crippen LogP contribution in [0.2, 0.25) is 0 Å². The van der Waals surface area contributed by atoms with Gasteiger partial charge in [-0.3, -0.25) is 0 Å². The second kappa shape index (κ2) is 6.61. The maximum atomic E-state index is 13.9. The predicted molar refractivity (Wildman–Crippen MR) is 87.0 cm³/mol. The molecule has 0 spiro atoms. The zero-order chi connectivity index (χ0) is 15.5. The number of nitrogens with one attached hydrogen (secondary N) is 1. The maximum Gasteiger partial charge on any atom is 0.125 e. The zero-order valence-corrected chi connectivity index (χ0v) is 12.6. The van der Waals surface area contributed by atoms with Crippen molar-refractivity contribution in [2.45, 2.75) is 50.4 Å². The first-order valence-corrected chi connectivity index (χ1v) is 7.95. The summed E-state index contributed by atoms with van der Waals surface area (Å²) in [6.45, 7) is 0. The van der Waals surface area contributed by atoms with Crippen LogP contribution in [0, 0.1) is 0 Å². The van der Waals surface area contributed by atoms with Crippen LogP contribution in [0.1, 0.15) is 37.7 Å². The van der Waals surface area contributed by atoms with Gasteiger partial charge in [-0.05, 0) is 49.5 Å². The van der Waals surface area contributed by atoms with Crippen molar-refractivity contribution in [3.8, 4) is 0 Å². The molecule has 0 amide bonds. The van der Waals surface area contributed by atoms with E-state index in [-0.39, 0.29) is 12.2 Å². The van der Waals surface area contributed by atoms with E-state index in [1.165, 1.54) is 12.2 Å². The van der Waals surface area contributed by atoms with Crippen molar-refractivity contribution in [1.82, 2.24) is 0 Å². The van der Waals surface area contributed by atoms with Gasteiger partial charge in [0.05, 0.1) is 0 Å². The fourth-order valence-corrected chi connectivity index (χ4v) is 3.14. The molecule has 1 fully saturated rings. The fraction of sp³-hybridized carbons (Fsp3) is 0.444. The van der Waals surface area contributed by atoms with Gasteiger partial charge in [-0.2, -0.15) is 0 Å². The maximum absolute atomic E-state index is 13.9. The second-order valence-corrected chi connectivity index (χ2v) is 6.23. The Bertz CT molecular complexity index is 569. The van der Waals surface area contributed by atoms with E-state index in [4.69, 9.17) is 5.73 Å². The Hall–Kier alpha value is -1.68. The van der Waals surface area contributed by atoms with Crippen LogP contribution in [-0.4, -0.2) is 18.3 Å². The number of benzene rings is 1. The Balaban J connectivity index is 1.66. The lowest BCUT2D eigenvalue weighted by Crippen LogP contribution is -2.32. The van der Waals surface area contributed by atoms with Gasteiger partial charge in [-0.25, -0.2) is 8.78 Å². The molecule has 0 bridgehead atoms. The molecule has 1 saturated carbocycles. The van der Waals surface area contributed by atoms with Crippen molar-refractivity contribution in [2.75, 3.05) is 5.32 Å². The first kappa shape index (κ1) is 15.2. The molecule has 3 rings (SSSR count). The highest BCUT2D eigenvalue weighted by Crippen LogP contribution is 2.30. The molecule has 118 valence electrons. The summed E-state index contributed by atoms with van der Waals surface area (Å²) in [7, 11) is 0. The molecular formula is C18H22F2N2. The molecule has 2 aliphatic rings. The van der Waals surface area contributed by atoms with E-state index in [1.54, 1.807) is 0 Å². The minimum Gasteiger partial charge on any atom is -0.382 e. The van der Waals surface area contributed by atoms with Crippen molar-refractivity contribution >= 4 is 11.3 Å². The Morgan fingerprint density at radius 2 is 1.73 bits per heavy atom. The van der Waals surface area contributed by atoms with Gasteiger partial charge in [-0.1, -0.05) is 18.2 Å². The molecule has 1 aromatic carbocycles. The zero-order valence-electron chi connectivity index (χ0n) is 12.6. The molecule has 22 heavy (non-hydrogen) atoms. The van der Waals surface area contributed by atoms with Crippen LogP contribution in [0.5, 0.6) is 0 Å². The predicted octanol–water partition coefficient (Wildman–Crippen LogP) is 4.35. The van der Waals surface area contributed by atoms with Crippen molar-refractivity contribution < 1.29 is 8.78 Å². The molecule has 1 atom stereocenters. The summed E-state index contributed by atoms with van der Waals surface area (Å²) in [5.41, 5.74) is 8.23. The molecule has 1 unspecified atom stereocenters. The van der Waals surface area contributed by atoms with Crippen LogP contribution in [0.3, 0.4) is 0 Å². The average Bonchev–Trinajstić information content (AvgIpc) is 2.51. The Labute approximate surface area is 130 Å². The Morgan fingerprint density at radius 3 is 2.36 bits per heavy atom. The highest BCUT2D eigenvalue weighted by Gasteiger charge is 2.19. The Kier molecular flexibility index (Phi) is 4.57. The van der Waals surface area contributed by atoms with Gasteiger partial charge in [0, 0.05) is 29.8 Å². The standard InChI is InChI=1S/C18H22F2N2/c19-13-3-10-17(18(20)11-13)12-1-6-15(7-2-12)22-16-8-4-14(21)5-9-16/h1-3,6-7,10,13-14,16,22H,4-5,8-9,11,21H2. The van der Waals surface area contributed by atoms with E-state index >= 15 is 0 Å². The fourth-order valence-electron chi connectivity index (χ4n) is 3.14. The summed E-state index contributed by atoms with van der Waals surface area (Å²) >= 11 is 0. The average molecular weight is 304 g/mol. The molecule has 2 nitrogen and oxygen atoms in total. The van der Waals surface area contributed by atoms with E-state index in [0.717, 1.165) is 36.9 Å². The first-order chi connectivity index (χ1) is 10.6. The number of nitrogens with two attached hydrogens (primary N) is 1. The summed E-state index contributed by atoms with van der Waals surface area (Å²) in [5.74, 6) is -0.378. The van der Waals surface area contributed by atoms with Crippen LogP contribution in [0.4, 0.5) is 14.5 Å². The smallest absolute Gasteiger partial charge is 0.125 e. The van der Waals surface area contributed by atoms with Gasteiger partial charge in [0.25, 0.3) is 0 Å². The number of halogens is 2. The van der Waals surface area contributed by atoms with Crippen molar-refractivity contribution in [3.05, 3.63) is 47.8 Å². The SMILES string of the molecule is NC1CCC(Nc2ccc(C3=C(F)CC(F)C=C3)cc2)CC1. The van der Waals surface area contributed by atoms with Gasteiger partial charge >= 0.3 is 0 Å². The monoisotopic (exact) mass is 304 g/mol. The van der Waals surface area contributed by atoms with Crippen LogP contribution in [0.25, 0.3) is 5.57 Å². The molecule has 3 N–H and O–H groups in total. The molecule has 4 heteroatoms. The van der Waals surface area contributed by atoms with Crippen molar-refractivity contribution in [3.63, 3.8) is 0 Å². The number of anilines is 1. The number of hydrogen-bond acceptors (Lipinski definition) is 2. The highest BCUT2D eigenvalue weighted by atomic mass is 19.1. The third-order valence-corrected chi connectivity index (χ3v) is 4.48. The third kappa shape index (κ3) is 3.55.